The van der Waals surface area contributed by atoms with Crippen molar-refractivity contribution in [3.05, 3.63) is 0 Å². The molecule has 1 saturated heterocycles. The maximum Gasteiger partial charge on any atom is 0.325 e. The lowest BCUT2D eigenvalue weighted by Gasteiger charge is -2.24. The van der Waals surface area contributed by atoms with E-state index in [1.807, 2.05) is 13.8 Å². The average Bonchev–Trinajstić information content (AvgIpc) is 2.37. The number of hydrogen-bond donors (Lipinski definition) is 1. The van der Waals surface area contributed by atoms with Crippen LogP contribution in [0.4, 0.5) is 0 Å². The Morgan fingerprint density at radius 1 is 1.39 bits per heavy atom. The van der Waals surface area contributed by atoms with Crippen molar-refractivity contribution in [1.82, 2.24) is 5.32 Å². The average molecular weight is 259 g/mol. The standard InChI is InChI=1S/C13H25NO4/c1-10(2)14-12(13(15)16-3)9-18-8-11-4-6-17-7-5-11/h10-12,14H,4-9H2,1-3H3. The normalized spacial score (nSPS) is 18.9. The highest BCUT2D eigenvalue weighted by atomic mass is 16.5. The Hall–Kier alpha value is -0.650. The van der Waals surface area contributed by atoms with Crippen LogP contribution < -0.4 is 5.32 Å². The molecule has 1 atom stereocenters. The molecule has 0 bridgehead atoms. The zero-order chi connectivity index (χ0) is 13.4. The minimum atomic E-state index is -0.380. The number of carbonyl (C=O) groups excluding carboxylic acids is 1. The molecule has 0 saturated carbocycles. The molecule has 1 N–H and O–H groups in total. The SMILES string of the molecule is COC(=O)C(COCC1CCOCC1)NC(C)C. The van der Waals surface area contributed by atoms with E-state index in [4.69, 9.17) is 14.2 Å². The van der Waals surface area contributed by atoms with Gasteiger partial charge in [-0.05, 0) is 18.8 Å². The van der Waals surface area contributed by atoms with Gasteiger partial charge in [0.05, 0.1) is 13.7 Å². The van der Waals surface area contributed by atoms with Crippen LogP contribution in [-0.2, 0) is 19.0 Å². The summed E-state index contributed by atoms with van der Waals surface area (Å²) in [5, 5.41) is 3.14. The summed E-state index contributed by atoms with van der Waals surface area (Å²) in [7, 11) is 1.40. The topological polar surface area (TPSA) is 56.8 Å². The van der Waals surface area contributed by atoms with Gasteiger partial charge in [-0.1, -0.05) is 13.8 Å². The zero-order valence-corrected chi connectivity index (χ0v) is 11.6. The van der Waals surface area contributed by atoms with E-state index in [2.05, 4.69) is 5.32 Å². The Morgan fingerprint density at radius 2 is 2.06 bits per heavy atom. The van der Waals surface area contributed by atoms with Crippen molar-refractivity contribution in [2.75, 3.05) is 33.5 Å². The van der Waals surface area contributed by atoms with E-state index < -0.39 is 0 Å². The van der Waals surface area contributed by atoms with Gasteiger partial charge in [0.15, 0.2) is 0 Å². The molecule has 0 radical (unpaired) electrons. The molecular weight excluding hydrogens is 234 g/mol. The molecule has 1 aliphatic heterocycles. The highest BCUT2D eigenvalue weighted by Crippen LogP contribution is 2.14. The van der Waals surface area contributed by atoms with Gasteiger partial charge in [0.2, 0.25) is 0 Å². The second-order valence-electron chi connectivity index (χ2n) is 4.99. The van der Waals surface area contributed by atoms with Crippen molar-refractivity contribution in [3.8, 4) is 0 Å². The molecule has 0 aromatic carbocycles. The maximum atomic E-state index is 11.5. The van der Waals surface area contributed by atoms with Crippen molar-refractivity contribution >= 4 is 5.97 Å². The third-order valence-corrected chi connectivity index (χ3v) is 3.00. The highest BCUT2D eigenvalue weighted by molar-refractivity contribution is 5.75. The van der Waals surface area contributed by atoms with Gasteiger partial charge in [0.1, 0.15) is 6.04 Å². The second kappa shape index (κ2) is 8.45. The molecule has 5 heteroatoms. The molecule has 0 aliphatic carbocycles. The summed E-state index contributed by atoms with van der Waals surface area (Å²) >= 11 is 0. The molecule has 1 fully saturated rings. The van der Waals surface area contributed by atoms with Crippen LogP contribution in [-0.4, -0.2) is 51.6 Å². The Kier molecular flexibility index (Phi) is 7.23. The number of rotatable bonds is 7. The van der Waals surface area contributed by atoms with E-state index in [0.717, 1.165) is 26.1 Å². The molecule has 0 aromatic rings. The minimum absolute atomic E-state index is 0.223. The fraction of sp³-hybridized carbons (Fsp3) is 0.923. The number of nitrogens with one attached hydrogen (secondary N) is 1. The number of ether oxygens (including phenoxy) is 3. The summed E-state index contributed by atoms with van der Waals surface area (Å²) in [6.45, 7) is 6.68. The van der Waals surface area contributed by atoms with Crippen molar-refractivity contribution in [3.63, 3.8) is 0 Å². The molecule has 5 nitrogen and oxygen atoms in total. The van der Waals surface area contributed by atoms with Crippen molar-refractivity contribution < 1.29 is 19.0 Å². The molecular formula is C13H25NO4. The maximum absolute atomic E-state index is 11.5. The fourth-order valence-electron chi connectivity index (χ4n) is 1.99. The Balaban J connectivity index is 2.25. The first-order valence-electron chi connectivity index (χ1n) is 6.62. The first kappa shape index (κ1) is 15.4. The smallest absolute Gasteiger partial charge is 0.325 e. The molecule has 106 valence electrons. The summed E-state index contributed by atoms with van der Waals surface area (Å²) in [6, 6.07) is -0.157. The summed E-state index contributed by atoms with van der Waals surface area (Å²) in [4.78, 5) is 11.5. The van der Waals surface area contributed by atoms with Gasteiger partial charge in [-0.2, -0.15) is 0 Å². The van der Waals surface area contributed by atoms with Gasteiger partial charge in [-0.25, -0.2) is 0 Å². The third kappa shape index (κ3) is 5.80. The molecule has 1 aliphatic rings. The van der Waals surface area contributed by atoms with E-state index in [0.29, 0.717) is 19.1 Å². The number of carbonyl (C=O) groups is 1. The van der Waals surface area contributed by atoms with Crippen LogP contribution in [0.1, 0.15) is 26.7 Å². The Labute approximate surface area is 109 Å². The summed E-state index contributed by atoms with van der Waals surface area (Å²) in [5.74, 6) is 0.284. The minimum Gasteiger partial charge on any atom is -0.468 e. The van der Waals surface area contributed by atoms with E-state index in [1.54, 1.807) is 0 Å². The molecule has 1 unspecified atom stereocenters. The molecule has 0 amide bonds. The monoisotopic (exact) mass is 259 g/mol. The lowest BCUT2D eigenvalue weighted by molar-refractivity contribution is -0.145. The first-order chi connectivity index (χ1) is 8.63. The first-order valence-corrected chi connectivity index (χ1v) is 6.62. The highest BCUT2D eigenvalue weighted by Gasteiger charge is 2.21. The molecule has 18 heavy (non-hydrogen) atoms. The van der Waals surface area contributed by atoms with Crippen molar-refractivity contribution in [2.24, 2.45) is 5.92 Å². The van der Waals surface area contributed by atoms with Gasteiger partial charge in [-0.15, -0.1) is 0 Å². The molecule has 0 aromatic heterocycles. The van der Waals surface area contributed by atoms with Gasteiger partial charge in [0.25, 0.3) is 0 Å². The number of hydrogen-bond acceptors (Lipinski definition) is 5. The van der Waals surface area contributed by atoms with Crippen LogP contribution in [0.2, 0.25) is 0 Å². The van der Waals surface area contributed by atoms with Gasteiger partial charge < -0.3 is 19.5 Å². The van der Waals surface area contributed by atoms with Crippen LogP contribution in [0.15, 0.2) is 0 Å². The van der Waals surface area contributed by atoms with Crippen molar-refractivity contribution in [1.29, 1.82) is 0 Å². The fourth-order valence-corrected chi connectivity index (χ4v) is 1.99. The molecule has 1 rings (SSSR count). The lowest BCUT2D eigenvalue weighted by Crippen LogP contribution is -2.45. The zero-order valence-electron chi connectivity index (χ0n) is 11.6. The van der Waals surface area contributed by atoms with E-state index in [9.17, 15) is 4.79 Å². The molecule has 1 heterocycles. The van der Waals surface area contributed by atoms with E-state index >= 15 is 0 Å². The van der Waals surface area contributed by atoms with Crippen LogP contribution in [0.5, 0.6) is 0 Å². The van der Waals surface area contributed by atoms with E-state index in [1.165, 1.54) is 7.11 Å². The van der Waals surface area contributed by atoms with E-state index in [-0.39, 0.29) is 18.1 Å². The molecule has 0 spiro atoms. The number of esters is 1. The van der Waals surface area contributed by atoms with Gasteiger partial charge in [-0.3, -0.25) is 4.79 Å². The van der Waals surface area contributed by atoms with Crippen molar-refractivity contribution in [2.45, 2.75) is 38.8 Å². The van der Waals surface area contributed by atoms with Gasteiger partial charge in [0, 0.05) is 25.9 Å². The van der Waals surface area contributed by atoms with Gasteiger partial charge >= 0.3 is 5.97 Å². The quantitative estimate of drug-likeness (QED) is 0.690. The van der Waals surface area contributed by atoms with Crippen LogP contribution in [0, 0.1) is 5.92 Å². The summed E-state index contributed by atoms with van der Waals surface area (Å²) < 4.78 is 15.7. The van der Waals surface area contributed by atoms with Crippen LogP contribution in [0.3, 0.4) is 0 Å². The van der Waals surface area contributed by atoms with Crippen LogP contribution >= 0.6 is 0 Å². The Bertz CT molecular complexity index is 239. The second-order valence-corrected chi connectivity index (χ2v) is 4.99. The predicted molar refractivity (Wildman–Crippen MR) is 68.4 cm³/mol. The van der Waals surface area contributed by atoms with Crippen LogP contribution in [0.25, 0.3) is 0 Å². The Morgan fingerprint density at radius 3 is 2.61 bits per heavy atom. The predicted octanol–water partition coefficient (Wildman–Crippen LogP) is 0.969. The largest absolute Gasteiger partial charge is 0.468 e. The summed E-state index contributed by atoms with van der Waals surface area (Å²) in [5.41, 5.74) is 0. The number of methoxy groups -OCH3 is 1. The summed E-state index contributed by atoms with van der Waals surface area (Å²) in [6.07, 6.45) is 2.08. The lowest BCUT2D eigenvalue weighted by atomic mass is 10.0. The third-order valence-electron chi connectivity index (χ3n) is 3.00.